The van der Waals surface area contributed by atoms with Gasteiger partial charge in [-0.25, -0.2) is 0 Å². The van der Waals surface area contributed by atoms with Crippen molar-refractivity contribution in [1.29, 1.82) is 0 Å². The normalized spacial score (nSPS) is 10.9. The number of nitrogens with one attached hydrogen (secondary N) is 1. The number of benzene rings is 1. The van der Waals surface area contributed by atoms with Gasteiger partial charge >= 0.3 is 0 Å². The topological polar surface area (TPSA) is 42.8 Å². The maximum Gasteiger partial charge on any atom is 0.199 e. The Hall–Kier alpha value is -1.62. The van der Waals surface area contributed by atoms with Crippen molar-refractivity contribution >= 4 is 12.2 Å². The zero-order valence-electron chi connectivity index (χ0n) is 10.8. The predicted octanol–water partition coefficient (Wildman–Crippen LogP) is 3.45. The van der Waals surface area contributed by atoms with Crippen LogP contribution < -0.4 is 4.74 Å². The van der Waals surface area contributed by atoms with E-state index in [9.17, 15) is 0 Å². The van der Waals surface area contributed by atoms with E-state index in [-0.39, 0.29) is 0 Å². The van der Waals surface area contributed by atoms with Crippen LogP contribution in [-0.2, 0) is 0 Å². The lowest BCUT2D eigenvalue weighted by atomic mass is 10.2. The third-order valence-electron chi connectivity index (χ3n) is 2.62. The number of nitrogens with zero attached hydrogens (tertiary/aromatic N) is 2. The molecule has 4 nitrogen and oxygen atoms in total. The number of H-pyrrole nitrogens is 1. The summed E-state index contributed by atoms with van der Waals surface area (Å²) >= 11 is 5.27. The highest BCUT2D eigenvalue weighted by Gasteiger charge is 2.11. The molecule has 2 rings (SSSR count). The van der Waals surface area contributed by atoms with Crippen molar-refractivity contribution in [1.82, 2.24) is 14.8 Å². The van der Waals surface area contributed by atoms with Crippen molar-refractivity contribution < 1.29 is 4.74 Å². The van der Waals surface area contributed by atoms with E-state index in [4.69, 9.17) is 17.0 Å². The highest BCUT2D eigenvalue weighted by Crippen LogP contribution is 2.20. The largest absolute Gasteiger partial charge is 0.494 e. The smallest absolute Gasteiger partial charge is 0.199 e. The van der Waals surface area contributed by atoms with E-state index in [0.29, 0.717) is 17.3 Å². The molecule has 0 unspecified atom stereocenters. The second-order valence-corrected chi connectivity index (χ2v) is 4.69. The van der Waals surface area contributed by atoms with Crippen LogP contribution in [0.1, 0.15) is 32.5 Å². The average Bonchev–Trinajstić information content (AvgIpc) is 2.73. The van der Waals surface area contributed by atoms with Gasteiger partial charge in [0, 0.05) is 11.6 Å². The van der Waals surface area contributed by atoms with E-state index in [0.717, 1.165) is 17.3 Å². The molecule has 0 saturated heterocycles. The summed E-state index contributed by atoms with van der Waals surface area (Å²) in [5.74, 6) is 2.11. The quantitative estimate of drug-likeness (QED) is 0.859. The second kappa shape index (κ2) is 5.35. The van der Waals surface area contributed by atoms with Gasteiger partial charge in [0.15, 0.2) is 4.77 Å². The van der Waals surface area contributed by atoms with Crippen LogP contribution in [0.5, 0.6) is 5.75 Å². The molecule has 0 aliphatic heterocycles. The van der Waals surface area contributed by atoms with Crippen molar-refractivity contribution in [3.8, 4) is 11.4 Å². The van der Waals surface area contributed by atoms with Gasteiger partial charge in [-0.05, 0) is 43.4 Å². The zero-order chi connectivity index (χ0) is 13.1. The summed E-state index contributed by atoms with van der Waals surface area (Å²) in [6.45, 7) is 6.82. The molecular formula is C13H17N3OS. The molecule has 0 aliphatic carbocycles. The van der Waals surface area contributed by atoms with Crippen LogP contribution in [-0.4, -0.2) is 21.4 Å². The average molecular weight is 263 g/mol. The summed E-state index contributed by atoms with van der Waals surface area (Å²) in [5.41, 5.74) is 1.00. The second-order valence-electron chi connectivity index (χ2n) is 4.30. The molecule has 0 fully saturated rings. The first-order chi connectivity index (χ1) is 8.63. The lowest BCUT2D eigenvalue weighted by Gasteiger charge is -2.10. The molecule has 18 heavy (non-hydrogen) atoms. The standard InChI is InChI=1S/C13H17N3OS/c1-4-17-11-7-5-10(6-8-11)16-12(9(2)3)14-15-13(16)18/h5-9H,4H2,1-3H3,(H,15,18). The fourth-order valence-electron chi connectivity index (χ4n) is 1.80. The van der Waals surface area contributed by atoms with Gasteiger partial charge in [-0.2, -0.15) is 5.10 Å². The van der Waals surface area contributed by atoms with Gasteiger partial charge in [0.05, 0.1) is 6.61 Å². The molecule has 0 aliphatic rings. The molecule has 0 spiro atoms. The predicted molar refractivity (Wildman–Crippen MR) is 74.0 cm³/mol. The van der Waals surface area contributed by atoms with E-state index in [1.165, 1.54) is 0 Å². The van der Waals surface area contributed by atoms with Crippen LogP contribution in [0.15, 0.2) is 24.3 Å². The van der Waals surface area contributed by atoms with Crippen LogP contribution in [0.3, 0.4) is 0 Å². The first kappa shape index (κ1) is 12.8. The SMILES string of the molecule is CCOc1ccc(-n2c(C(C)C)n[nH]c2=S)cc1. The fraction of sp³-hybridized carbons (Fsp3) is 0.385. The van der Waals surface area contributed by atoms with Crippen molar-refractivity contribution in [3.05, 3.63) is 34.9 Å². The molecule has 0 radical (unpaired) electrons. The fourth-order valence-corrected chi connectivity index (χ4v) is 2.05. The van der Waals surface area contributed by atoms with E-state index in [2.05, 4.69) is 24.0 Å². The Bertz CT molecular complexity index is 569. The molecule has 1 aromatic heterocycles. The Kier molecular flexibility index (Phi) is 3.81. The highest BCUT2D eigenvalue weighted by atomic mass is 32.1. The number of rotatable bonds is 4. The Labute approximate surface area is 112 Å². The number of ether oxygens (including phenoxy) is 1. The van der Waals surface area contributed by atoms with E-state index < -0.39 is 0 Å². The molecule has 0 bridgehead atoms. The lowest BCUT2D eigenvalue weighted by molar-refractivity contribution is 0.340. The van der Waals surface area contributed by atoms with Crippen molar-refractivity contribution in [2.24, 2.45) is 0 Å². The van der Waals surface area contributed by atoms with Crippen molar-refractivity contribution in [2.75, 3.05) is 6.61 Å². The molecule has 0 amide bonds. The summed E-state index contributed by atoms with van der Waals surface area (Å²) in [5, 5.41) is 7.11. The van der Waals surface area contributed by atoms with Gasteiger partial charge in [0.25, 0.3) is 0 Å². The molecule has 5 heteroatoms. The molecule has 1 N–H and O–H groups in total. The van der Waals surface area contributed by atoms with E-state index in [1.54, 1.807) is 0 Å². The maximum absolute atomic E-state index is 5.43. The summed E-state index contributed by atoms with van der Waals surface area (Å²) in [6, 6.07) is 7.86. The monoisotopic (exact) mass is 263 g/mol. The van der Waals surface area contributed by atoms with E-state index in [1.807, 2.05) is 35.8 Å². The Morgan fingerprint density at radius 2 is 2.00 bits per heavy atom. The maximum atomic E-state index is 5.43. The van der Waals surface area contributed by atoms with Crippen LogP contribution in [0.2, 0.25) is 0 Å². The van der Waals surface area contributed by atoms with Crippen molar-refractivity contribution in [3.63, 3.8) is 0 Å². The summed E-state index contributed by atoms with van der Waals surface area (Å²) in [4.78, 5) is 0. The Balaban J connectivity index is 2.42. The Morgan fingerprint density at radius 3 is 2.56 bits per heavy atom. The van der Waals surface area contributed by atoms with Gasteiger partial charge in [-0.3, -0.25) is 9.67 Å². The van der Waals surface area contributed by atoms with Crippen LogP contribution in [0.4, 0.5) is 0 Å². The third kappa shape index (κ3) is 2.46. The number of hydrogen-bond acceptors (Lipinski definition) is 3. The van der Waals surface area contributed by atoms with Crippen LogP contribution >= 0.6 is 12.2 Å². The first-order valence-electron chi connectivity index (χ1n) is 6.04. The van der Waals surface area contributed by atoms with Gasteiger partial charge < -0.3 is 4.74 Å². The number of aromatic nitrogens is 3. The minimum atomic E-state index is 0.310. The summed E-state index contributed by atoms with van der Waals surface area (Å²) in [6.07, 6.45) is 0. The number of aromatic amines is 1. The number of hydrogen-bond donors (Lipinski definition) is 1. The molecule has 0 saturated carbocycles. The van der Waals surface area contributed by atoms with Gasteiger partial charge in [0.2, 0.25) is 0 Å². The molecular weight excluding hydrogens is 246 g/mol. The highest BCUT2D eigenvalue weighted by molar-refractivity contribution is 7.71. The van der Waals surface area contributed by atoms with Crippen LogP contribution in [0.25, 0.3) is 5.69 Å². The summed E-state index contributed by atoms with van der Waals surface area (Å²) in [7, 11) is 0. The minimum absolute atomic E-state index is 0.310. The lowest BCUT2D eigenvalue weighted by Crippen LogP contribution is -2.03. The van der Waals surface area contributed by atoms with E-state index >= 15 is 0 Å². The zero-order valence-corrected chi connectivity index (χ0v) is 11.6. The molecule has 96 valence electrons. The molecule has 2 aromatic rings. The van der Waals surface area contributed by atoms with Gasteiger partial charge in [0.1, 0.15) is 11.6 Å². The van der Waals surface area contributed by atoms with Gasteiger partial charge in [-0.15, -0.1) is 0 Å². The first-order valence-corrected chi connectivity index (χ1v) is 6.45. The molecule has 1 aromatic carbocycles. The minimum Gasteiger partial charge on any atom is -0.494 e. The third-order valence-corrected chi connectivity index (χ3v) is 2.89. The molecule has 0 atom stereocenters. The van der Waals surface area contributed by atoms with Crippen molar-refractivity contribution in [2.45, 2.75) is 26.7 Å². The summed E-state index contributed by atoms with van der Waals surface area (Å²) < 4.78 is 8.00. The molecule has 1 heterocycles. The Morgan fingerprint density at radius 1 is 1.33 bits per heavy atom. The van der Waals surface area contributed by atoms with Gasteiger partial charge in [-0.1, -0.05) is 13.8 Å². The van der Waals surface area contributed by atoms with Crippen LogP contribution in [0, 0.1) is 4.77 Å².